The van der Waals surface area contributed by atoms with Crippen molar-refractivity contribution in [1.82, 2.24) is 9.97 Å². The highest BCUT2D eigenvalue weighted by molar-refractivity contribution is 7.99. The molecule has 0 amide bonds. The first-order chi connectivity index (χ1) is 6.26. The number of nitrogens with two attached hydrogens (primary N) is 1. The van der Waals surface area contributed by atoms with Crippen molar-refractivity contribution >= 4 is 17.6 Å². The molecule has 1 rings (SSSR count). The van der Waals surface area contributed by atoms with E-state index in [1.807, 2.05) is 6.92 Å². The first-order valence-electron chi connectivity index (χ1n) is 4.13. The zero-order valence-corrected chi connectivity index (χ0v) is 8.34. The van der Waals surface area contributed by atoms with Crippen LogP contribution in [0, 0.1) is 0 Å². The number of hydrogen-bond donors (Lipinski definition) is 2. The molecule has 0 aliphatic heterocycles. The Kier molecular flexibility index (Phi) is 3.98. The predicted octanol–water partition coefficient (Wildman–Crippen LogP) is 0.706. The molecule has 0 aliphatic carbocycles. The highest BCUT2D eigenvalue weighted by Crippen LogP contribution is 2.16. The molecule has 72 valence electrons. The van der Waals surface area contributed by atoms with Crippen LogP contribution in [0.15, 0.2) is 11.1 Å². The van der Waals surface area contributed by atoms with Crippen LogP contribution in [0.2, 0.25) is 0 Å². The first kappa shape index (κ1) is 10.3. The molecule has 0 aromatic carbocycles. The lowest BCUT2D eigenvalue weighted by atomic mass is 10.4. The predicted molar refractivity (Wildman–Crippen MR) is 53.6 cm³/mol. The second-order valence-corrected chi connectivity index (χ2v) is 3.59. The molecular weight excluding hydrogens is 186 g/mol. The number of aryl methyl sites for hydroxylation is 1. The number of aliphatic hydroxyl groups excluding tert-OH is 1. The fourth-order valence-corrected chi connectivity index (χ4v) is 1.55. The van der Waals surface area contributed by atoms with E-state index in [1.54, 1.807) is 6.07 Å². The van der Waals surface area contributed by atoms with Gasteiger partial charge in [0.15, 0.2) is 0 Å². The zero-order chi connectivity index (χ0) is 9.68. The summed E-state index contributed by atoms with van der Waals surface area (Å²) < 4.78 is 0. The molecule has 5 heteroatoms. The minimum absolute atomic E-state index is 0.149. The molecule has 4 nitrogen and oxygen atoms in total. The largest absolute Gasteiger partial charge is 0.396 e. The van der Waals surface area contributed by atoms with E-state index in [0.29, 0.717) is 11.6 Å². The number of aliphatic hydroxyl groups is 1. The van der Waals surface area contributed by atoms with E-state index in [4.69, 9.17) is 10.8 Å². The van der Waals surface area contributed by atoms with Crippen molar-refractivity contribution in [3.63, 3.8) is 0 Å². The Morgan fingerprint density at radius 3 is 2.92 bits per heavy atom. The second-order valence-electron chi connectivity index (χ2n) is 2.47. The van der Waals surface area contributed by atoms with Gasteiger partial charge in [0.05, 0.1) is 6.61 Å². The molecule has 1 aromatic heterocycles. The number of nitrogens with zero attached hydrogens (tertiary/aromatic N) is 2. The first-order valence-corrected chi connectivity index (χ1v) is 5.12. The maximum atomic E-state index is 8.63. The summed E-state index contributed by atoms with van der Waals surface area (Å²) in [7, 11) is 0. The van der Waals surface area contributed by atoms with Crippen LogP contribution in [-0.2, 0) is 6.42 Å². The van der Waals surface area contributed by atoms with Gasteiger partial charge in [-0.15, -0.1) is 11.8 Å². The van der Waals surface area contributed by atoms with Crippen molar-refractivity contribution in [3.8, 4) is 0 Å². The molecule has 0 saturated carbocycles. The smallest absolute Gasteiger partial charge is 0.131 e. The minimum Gasteiger partial charge on any atom is -0.396 e. The molecule has 1 aromatic rings. The lowest BCUT2D eigenvalue weighted by Gasteiger charge is -2.02. The third kappa shape index (κ3) is 3.20. The summed E-state index contributed by atoms with van der Waals surface area (Å²) in [6, 6.07) is 1.72. The number of aromatic nitrogens is 2. The van der Waals surface area contributed by atoms with Gasteiger partial charge in [0.1, 0.15) is 16.7 Å². The van der Waals surface area contributed by atoms with Crippen molar-refractivity contribution < 1.29 is 5.11 Å². The lowest BCUT2D eigenvalue weighted by Crippen LogP contribution is -2.00. The maximum Gasteiger partial charge on any atom is 0.131 e. The van der Waals surface area contributed by atoms with Crippen molar-refractivity contribution in [2.45, 2.75) is 18.4 Å². The summed E-state index contributed by atoms with van der Waals surface area (Å²) in [6.45, 7) is 2.13. The van der Waals surface area contributed by atoms with Crippen molar-refractivity contribution in [3.05, 3.63) is 11.9 Å². The third-order valence-corrected chi connectivity index (χ3v) is 2.32. The molecule has 0 atom stereocenters. The van der Waals surface area contributed by atoms with E-state index in [0.717, 1.165) is 17.3 Å². The Balaban J connectivity index is 2.76. The van der Waals surface area contributed by atoms with Gasteiger partial charge >= 0.3 is 0 Å². The molecule has 0 aliphatic rings. The van der Waals surface area contributed by atoms with Crippen LogP contribution in [0.4, 0.5) is 5.82 Å². The molecule has 0 spiro atoms. The van der Waals surface area contributed by atoms with E-state index in [9.17, 15) is 0 Å². The molecular formula is C8H13N3OS. The Morgan fingerprint density at radius 1 is 1.54 bits per heavy atom. The topological polar surface area (TPSA) is 72.0 Å². The van der Waals surface area contributed by atoms with Gasteiger partial charge < -0.3 is 10.8 Å². The number of hydrogen-bond acceptors (Lipinski definition) is 5. The number of rotatable bonds is 4. The summed E-state index contributed by atoms with van der Waals surface area (Å²) in [5.41, 5.74) is 5.58. The van der Waals surface area contributed by atoms with Crippen molar-refractivity contribution in [2.75, 3.05) is 18.1 Å². The molecule has 0 saturated heterocycles. The van der Waals surface area contributed by atoms with Crippen LogP contribution in [0.3, 0.4) is 0 Å². The van der Waals surface area contributed by atoms with Gasteiger partial charge in [0, 0.05) is 18.2 Å². The standard InChI is InChI=1S/C8H13N3OS/c1-2-7-10-6(9)5-8(11-7)13-4-3-12/h5,12H,2-4H2,1H3,(H2,9,10,11). The summed E-state index contributed by atoms with van der Waals surface area (Å²) in [4.78, 5) is 8.30. The van der Waals surface area contributed by atoms with Crippen LogP contribution in [0.1, 0.15) is 12.7 Å². The van der Waals surface area contributed by atoms with Crippen LogP contribution >= 0.6 is 11.8 Å². The quantitative estimate of drug-likeness (QED) is 0.552. The van der Waals surface area contributed by atoms with Gasteiger partial charge in [-0.1, -0.05) is 6.92 Å². The summed E-state index contributed by atoms with van der Waals surface area (Å²) >= 11 is 1.48. The summed E-state index contributed by atoms with van der Waals surface area (Å²) in [5.74, 6) is 1.88. The monoisotopic (exact) mass is 199 g/mol. The van der Waals surface area contributed by atoms with E-state index in [1.165, 1.54) is 11.8 Å². The van der Waals surface area contributed by atoms with Gasteiger partial charge in [-0.25, -0.2) is 9.97 Å². The van der Waals surface area contributed by atoms with Gasteiger partial charge in [-0.3, -0.25) is 0 Å². The Hall–Kier alpha value is -0.810. The van der Waals surface area contributed by atoms with Crippen LogP contribution in [0.5, 0.6) is 0 Å². The minimum atomic E-state index is 0.149. The lowest BCUT2D eigenvalue weighted by molar-refractivity contribution is 0.322. The zero-order valence-electron chi connectivity index (χ0n) is 7.53. The maximum absolute atomic E-state index is 8.63. The fraction of sp³-hybridized carbons (Fsp3) is 0.500. The molecule has 0 unspecified atom stereocenters. The van der Waals surface area contributed by atoms with E-state index < -0.39 is 0 Å². The van der Waals surface area contributed by atoms with E-state index in [2.05, 4.69) is 9.97 Å². The van der Waals surface area contributed by atoms with E-state index >= 15 is 0 Å². The van der Waals surface area contributed by atoms with Crippen molar-refractivity contribution in [2.24, 2.45) is 0 Å². The Morgan fingerprint density at radius 2 is 2.31 bits per heavy atom. The Labute approximate surface area is 81.6 Å². The highest BCUT2D eigenvalue weighted by atomic mass is 32.2. The van der Waals surface area contributed by atoms with Crippen molar-refractivity contribution in [1.29, 1.82) is 0 Å². The fourth-order valence-electron chi connectivity index (χ4n) is 0.875. The van der Waals surface area contributed by atoms with Gasteiger partial charge in [-0.05, 0) is 0 Å². The number of thioether (sulfide) groups is 1. The van der Waals surface area contributed by atoms with Crippen LogP contribution in [0.25, 0.3) is 0 Å². The van der Waals surface area contributed by atoms with Gasteiger partial charge in [-0.2, -0.15) is 0 Å². The molecule has 0 bridgehead atoms. The molecule has 1 heterocycles. The van der Waals surface area contributed by atoms with Gasteiger partial charge in [0.25, 0.3) is 0 Å². The van der Waals surface area contributed by atoms with Gasteiger partial charge in [0.2, 0.25) is 0 Å². The Bertz CT molecular complexity index is 280. The second kappa shape index (κ2) is 5.04. The number of nitrogen functional groups attached to an aromatic ring is 1. The third-order valence-electron chi connectivity index (χ3n) is 1.43. The summed E-state index contributed by atoms with van der Waals surface area (Å²) in [6.07, 6.45) is 0.776. The highest BCUT2D eigenvalue weighted by Gasteiger charge is 2.00. The number of anilines is 1. The molecule has 0 radical (unpaired) electrons. The molecule has 3 N–H and O–H groups in total. The average molecular weight is 199 g/mol. The van der Waals surface area contributed by atoms with Crippen LogP contribution in [-0.4, -0.2) is 27.4 Å². The normalized spacial score (nSPS) is 10.3. The molecule has 0 fully saturated rings. The molecule has 13 heavy (non-hydrogen) atoms. The SMILES string of the molecule is CCc1nc(N)cc(SCCO)n1. The van der Waals surface area contributed by atoms with E-state index in [-0.39, 0.29) is 6.61 Å². The average Bonchev–Trinajstić information content (AvgIpc) is 2.14. The summed E-state index contributed by atoms with van der Waals surface area (Å²) in [5, 5.41) is 9.46. The van der Waals surface area contributed by atoms with Crippen LogP contribution < -0.4 is 5.73 Å².